The Kier molecular flexibility index (Phi) is 1.99. The van der Waals surface area contributed by atoms with Gasteiger partial charge in [0.05, 0.1) is 16.7 Å². The summed E-state index contributed by atoms with van der Waals surface area (Å²) in [5, 5.41) is 16.3. The van der Waals surface area contributed by atoms with Gasteiger partial charge in [0, 0.05) is 28.2 Å². The third kappa shape index (κ3) is 1.40. The fourth-order valence-electron chi connectivity index (χ4n) is 3.52. The zero-order chi connectivity index (χ0) is 14.0. The van der Waals surface area contributed by atoms with Crippen molar-refractivity contribution in [3.63, 3.8) is 0 Å². The van der Waals surface area contributed by atoms with E-state index in [1.807, 2.05) is 6.20 Å². The fourth-order valence-corrected chi connectivity index (χ4v) is 3.52. The molecule has 0 aliphatic heterocycles. The van der Waals surface area contributed by atoms with Gasteiger partial charge in [0.1, 0.15) is 5.69 Å². The number of nitrogens with zero attached hydrogens (tertiary/aromatic N) is 2. The van der Waals surface area contributed by atoms with Crippen LogP contribution in [0.15, 0.2) is 18.3 Å². The third-order valence-electron chi connectivity index (χ3n) is 4.60. The van der Waals surface area contributed by atoms with Gasteiger partial charge in [-0.05, 0) is 43.9 Å². The second-order valence-corrected chi connectivity index (χ2v) is 5.84. The second kappa shape index (κ2) is 3.75. The summed E-state index contributed by atoms with van der Waals surface area (Å²) < 4.78 is 0. The molecule has 0 fully saturated rings. The topological polar surface area (TPSA) is 73.2 Å². The second-order valence-electron chi connectivity index (χ2n) is 5.84. The molecule has 1 aliphatic carbocycles. The lowest BCUT2D eigenvalue weighted by molar-refractivity contribution is 0.832. The molecule has 0 saturated carbocycles. The zero-order valence-electron chi connectivity index (χ0n) is 11.7. The number of nitrogens with one attached hydrogen (secondary N) is 3. The Balaban J connectivity index is 1.89. The molecule has 5 nitrogen and oxygen atoms in total. The summed E-state index contributed by atoms with van der Waals surface area (Å²) in [5.41, 5.74) is 8.11. The molecule has 0 saturated heterocycles. The van der Waals surface area contributed by atoms with Gasteiger partial charge in [-0.1, -0.05) is 0 Å². The Labute approximate surface area is 120 Å². The first-order valence-corrected chi connectivity index (χ1v) is 7.33. The van der Waals surface area contributed by atoms with E-state index in [0.717, 1.165) is 41.7 Å². The number of H-pyrrole nitrogens is 3. The van der Waals surface area contributed by atoms with E-state index in [9.17, 15) is 0 Å². The van der Waals surface area contributed by atoms with E-state index in [0.29, 0.717) is 0 Å². The van der Waals surface area contributed by atoms with Crippen LogP contribution in [0.3, 0.4) is 0 Å². The monoisotopic (exact) mass is 277 g/mol. The highest BCUT2D eigenvalue weighted by atomic mass is 15.1. The van der Waals surface area contributed by atoms with E-state index in [2.05, 4.69) is 39.5 Å². The van der Waals surface area contributed by atoms with Gasteiger partial charge in [0.25, 0.3) is 0 Å². The van der Waals surface area contributed by atoms with E-state index < -0.39 is 0 Å². The molecule has 0 atom stereocenters. The Morgan fingerprint density at radius 3 is 2.95 bits per heavy atom. The molecule has 0 spiro atoms. The highest BCUT2D eigenvalue weighted by Crippen LogP contribution is 2.37. The average Bonchev–Trinajstić information content (AvgIpc) is 3.13. The lowest BCUT2D eigenvalue weighted by atomic mass is 10.0. The maximum absolute atomic E-state index is 4.88. The van der Waals surface area contributed by atoms with Gasteiger partial charge in [-0.3, -0.25) is 5.10 Å². The average molecular weight is 277 g/mol. The summed E-state index contributed by atoms with van der Waals surface area (Å²) in [6.07, 6.45) is 5.30. The van der Waals surface area contributed by atoms with Crippen LogP contribution >= 0.6 is 0 Å². The molecule has 0 radical (unpaired) electrons. The molecule has 5 rings (SSSR count). The minimum Gasteiger partial charge on any atom is -0.307 e. The van der Waals surface area contributed by atoms with E-state index in [-0.39, 0.29) is 0 Å². The Bertz CT molecular complexity index is 985. The number of aryl methyl sites for hydroxylation is 2. The first-order valence-electron chi connectivity index (χ1n) is 7.33. The number of fused-ring (bicyclic) bond motifs is 6. The number of hydrogen-bond acceptors (Lipinski definition) is 2. The van der Waals surface area contributed by atoms with Gasteiger partial charge < -0.3 is 10.2 Å². The van der Waals surface area contributed by atoms with Crippen LogP contribution in [0.4, 0.5) is 0 Å². The summed E-state index contributed by atoms with van der Waals surface area (Å²) >= 11 is 0. The molecule has 3 heterocycles. The van der Waals surface area contributed by atoms with E-state index in [4.69, 9.17) is 4.98 Å². The van der Waals surface area contributed by atoms with Crippen LogP contribution in [0.1, 0.15) is 23.2 Å². The standard InChI is InChI=1S/C16H15N5/c1-8-10-3-2-4-11-12-5-9-7-17-20-13(9)6-14(12)18-15(11)16(10)21-19-8/h5-7,17,20H,2-4H2,1H3,(H,19,21). The quantitative estimate of drug-likeness (QED) is 0.461. The number of hydrogen-bond donors (Lipinski definition) is 3. The van der Waals surface area contributed by atoms with E-state index in [1.54, 1.807) is 0 Å². The zero-order valence-corrected chi connectivity index (χ0v) is 11.7. The molecule has 5 heteroatoms. The molecule has 1 aliphatic rings. The van der Waals surface area contributed by atoms with Crippen LogP contribution in [-0.2, 0) is 12.8 Å². The van der Waals surface area contributed by atoms with Crippen molar-refractivity contribution in [2.75, 3.05) is 0 Å². The molecular formula is C16H15N5. The predicted molar refractivity (Wildman–Crippen MR) is 82.3 cm³/mol. The summed E-state index contributed by atoms with van der Waals surface area (Å²) in [6.45, 7) is 2.10. The fraction of sp³-hybridized carbons (Fsp3) is 0.250. The van der Waals surface area contributed by atoms with Crippen LogP contribution in [-0.4, -0.2) is 25.4 Å². The van der Waals surface area contributed by atoms with Crippen molar-refractivity contribution in [1.29, 1.82) is 0 Å². The first kappa shape index (κ1) is 11.1. The molecule has 0 amide bonds. The van der Waals surface area contributed by atoms with Gasteiger partial charge in [-0.15, -0.1) is 0 Å². The minimum atomic E-state index is 1.05. The van der Waals surface area contributed by atoms with Crippen molar-refractivity contribution < 1.29 is 0 Å². The lowest BCUT2D eigenvalue weighted by Crippen LogP contribution is -1.87. The summed E-state index contributed by atoms with van der Waals surface area (Å²) in [4.78, 5) is 4.88. The number of rotatable bonds is 0. The van der Waals surface area contributed by atoms with Crippen molar-refractivity contribution in [1.82, 2.24) is 25.4 Å². The number of aromatic amines is 3. The van der Waals surface area contributed by atoms with Gasteiger partial charge in [0.15, 0.2) is 0 Å². The van der Waals surface area contributed by atoms with Crippen molar-refractivity contribution in [3.8, 4) is 11.4 Å². The smallest absolute Gasteiger partial charge is 0.114 e. The summed E-state index contributed by atoms with van der Waals surface area (Å²) in [6, 6.07) is 4.35. The maximum Gasteiger partial charge on any atom is 0.114 e. The number of benzene rings is 1. The van der Waals surface area contributed by atoms with Gasteiger partial charge >= 0.3 is 0 Å². The van der Waals surface area contributed by atoms with E-state index >= 15 is 0 Å². The maximum atomic E-state index is 4.88. The van der Waals surface area contributed by atoms with Crippen molar-refractivity contribution in [2.24, 2.45) is 0 Å². The van der Waals surface area contributed by atoms with Crippen LogP contribution in [0.2, 0.25) is 0 Å². The van der Waals surface area contributed by atoms with E-state index in [1.165, 1.54) is 27.6 Å². The Morgan fingerprint density at radius 2 is 2.00 bits per heavy atom. The molecule has 3 aromatic heterocycles. The van der Waals surface area contributed by atoms with Gasteiger partial charge in [0.2, 0.25) is 0 Å². The molecule has 4 aromatic rings. The molecule has 1 aromatic carbocycles. The Morgan fingerprint density at radius 1 is 1.10 bits per heavy atom. The predicted octanol–water partition coefficient (Wildman–Crippen LogP) is 3.23. The van der Waals surface area contributed by atoms with Crippen LogP contribution < -0.4 is 0 Å². The minimum absolute atomic E-state index is 1.05. The Hall–Kier alpha value is -2.56. The first-order chi connectivity index (χ1) is 10.3. The van der Waals surface area contributed by atoms with Crippen molar-refractivity contribution >= 4 is 21.8 Å². The molecule has 21 heavy (non-hydrogen) atoms. The number of aromatic nitrogens is 5. The SMILES string of the molecule is Cc1[nH]nc2c1CCCc1c-2nc2cc3[nH][nH]cc3cc12. The van der Waals surface area contributed by atoms with Gasteiger partial charge in [-0.2, -0.15) is 5.10 Å². The molecular weight excluding hydrogens is 262 g/mol. The highest BCUT2D eigenvalue weighted by Gasteiger charge is 2.23. The highest BCUT2D eigenvalue weighted by molar-refractivity contribution is 6.00. The molecule has 0 bridgehead atoms. The normalized spacial score (nSPS) is 14.3. The van der Waals surface area contributed by atoms with Crippen LogP contribution in [0.5, 0.6) is 0 Å². The molecule has 3 N–H and O–H groups in total. The summed E-state index contributed by atoms with van der Waals surface area (Å²) in [5.74, 6) is 0. The van der Waals surface area contributed by atoms with Crippen molar-refractivity contribution in [2.45, 2.75) is 26.2 Å². The van der Waals surface area contributed by atoms with Crippen LogP contribution in [0.25, 0.3) is 33.2 Å². The van der Waals surface area contributed by atoms with Crippen molar-refractivity contribution in [3.05, 3.63) is 35.2 Å². The molecule has 104 valence electrons. The third-order valence-corrected chi connectivity index (χ3v) is 4.60. The summed E-state index contributed by atoms with van der Waals surface area (Å²) in [7, 11) is 0. The lowest BCUT2D eigenvalue weighted by Gasteiger charge is -1.98. The van der Waals surface area contributed by atoms with Gasteiger partial charge in [-0.25, -0.2) is 4.98 Å². The van der Waals surface area contributed by atoms with Crippen LogP contribution in [0, 0.1) is 6.92 Å². The largest absolute Gasteiger partial charge is 0.307 e. The molecule has 0 unspecified atom stereocenters.